The Kier molecular flexibility index (Phi) is 3.26. The lowest BCUT2D eigenvalue weighted by Gasteiger charge is -1.95. The number of halogens is 3. The molecule has 0 aliphatic carbocycles. The van der Waals surface area contributed by atoms with Crippen molar-refractivity contribution in [3.05, 3.63) is 21.1 Å². The lowest BCUT2D eigenvalue weighted by atomic mass is 10.6. The molecule has 0 aromatic carbocycles. The van der Waals surface area contributed by atoms with Gasteiger partial charge in [0.05, 0.1) is 5.33 Å². The molecule has 0 aliphatic heterocycles. The van der Waals surface area contributed by atoms with E-state index < -0.39 is 0 Å². The largest absolute Gasteiger partial charge is 0.225 e. The van der Waals surface area contributed by atoms with Crippen LogP contribution in [0, 0.1) is 0 Å². The number of hydrogen-bond acceptors (Lipinski definition) is 2. The standard InChI is InChI=1S/C5H3Br3N2/c6-2-5-9-3(7)1-4(8)10-5/h1H,2H2. The molecule has 1 heterocycles. The maximum Gasteiger partial charge on any atom is 0.141 e. The second-order valence-corrected chi connectivity index (χ2v) is 3.75. The van der Waals surface area contributed by atoms with E-state index in [1.54, 1.807) is 6.07 Å². The van der Waals surface area contributed by atoms with Crippen molar-refractivity contribution in [3.63, 3.8) is 0 Å². The van der Waals surface area contributed by atoms with Crippen LogP contribution < -0.4 is 0 Å². The van der Waals surface area contributed by atoms with Crippen molar-refractivity contribution in [1.82, 2.24) is 9.97 Å². The van der Waals surface area contributed by atoms with Crippen LogP contribution in [-0.4, -0.2) is 9.97 Å². The van der Waals surface area contributed by atoms with E-state index >= 15 is 0 Å². The number of hydrogen-bond donors (Lipinski definition) is 0. The summed E-state index contributed by atoms with van der Waals surface area (Å²) in [7, 11) is 0. The Labute approximate surface area is 83.8 Å². The van der Waals surface area contributed by atoms with Gasteiger partial charge in [-0.3, -0.25) is 0 Å². The Bertz CT molecular complexity index is 218. The maximum absolute atomic E-state index is 4.08. The molecule has 5 heteroatoms. The minimum absolute atomic E-state index is 0.672. The molecule has 0 saturated carbocycles. The molecule has 1 rings (SSSR count). The quantitative estimate of drug-likeness (QED) is 0.584. The third-order valence-corrected chi connectivity index (χ3v) is 2.14. The summed E-state index contributed by atoms with van der Waals surface area (Å²) in [6.07, 6.45) is 0. The van der Waals surface area contributed by atoms with Gasteiger partial charge in [-0.25, -0.2) is 9.97 Å². The van der Waals surface area contributed by atoms with Gasteiger partial charge in [0, 0.05) is 6.07 Å². The van der Waals surface area contributed by atoms with E-state index in [1.807, 2.05) is 0 Å². The Hall–Kier alpha value is 0.520. The molecule has 1 aromatic rings. The van der Waals surface area contributed by atoms with E-state index in [-0.39, 0.29) is 0 Å². The third-order valence-electron chi connectivity index (χ3n) is 0.829. The summed E-state index contributed by atoms with van der Waals surface area (Å²) in [6.45, 7) is 0. The highest BCUT2D eigenvalue weighted by molar-refractivity contribution is 9.11. The molecule has 0 spiro atoms. The van der Waals surface area contributed by atoms with Crippen molar-refractivity contribution in [3.8, 4) is 0 Å². The number of nitrogens with zero attached hydrogens (tertiary/aromatic N) is 2. The van der Waals surface area contributed by atoms with Gasteiger partial charge >= 0.3 is 0 Å². The fourth-order valence-electron chi connectivity index (χ4n) is 0.494. The zero-order chi connectivity index (χ0) is 7.56. The van der Waals surface area contributed by atoms with Crippen LogP contribution in [0.5, 0.6) is 0 Å². The van der Waals surface area contributed by atoms with Gasteiger partial charge < -0.3 is 0 Å². The Balaban J connectivity index is 3.06. The summed E-state index contributed by atoms with van der Waals surface area (Å²) in [5, 5.41) is 0.672. The average molecular weight is 331 g/mol. The van der Waals surface area contributed by atoms with Crippen LogP contribution in [-0.2, 0) is 5.33 Å². The van der Waals surface area contributed by atoms with Gasteiger partial charge in [-0.05, 0) is 31.9 Å². The number of aromatic nitrogens is 2. The smallest absolute Gasteiger partial charge is 0.141 e. The number of alkyl halides is 1. The highest BCUT2D eigenvalue weighted by atomic mass is 79.9. The van der Waals surface area contributed by atoms with Gasteiger partial charge in [0.15, 0.2) is 0 Å². The van der Waals surface area contributed by atoms with E-state index in [1.165, 1.54) is 0 Å². The summed E-state index contributed by atoms with van der Waals surface area (Å²) in [5.41, 5.74) is 0. The highest BCUT2D eigenvalue weighted by Gasteiger charge is 1.97. The maximum atomic E-state index is 4.08. The molecule has 0 N–H and O–H groups in total. The molecule has 0 unspecified atom stereocenters. The van der Waals surface area contributed by atoms with Gasteiger partial charge in [0.25, 0.3) is 0 Å². The molecule has 0 bridgehead atoms. The zero-order valence-electron chi connectivity index (χ0n) is 4.81. The van der Waals surface area contributed by atoms with Gasteiger partial charge in [-0.1, -0.05) is 15.9 Å². The molecule has 54 valence electrons. The SMILES string of the molecule is BrCc1nc(Br)cc(Br)n1. The molecule has 0 radical (unpaired) electrons. The molecular formula is C5H3Br3N2. The molecule has 0 aliphatic rings. The molecule has 10 heavy (non-hydrogen) atoms. The zero-order valence-corrected chi connectivity index (χ0v) is 9.57. The van der Waals surface area contributed by atoms with Crippen molar-refractivity contribution in [2.75, 3.05) is 0 Å². The molecule has 2 nitrogen and oxygen atoms in total. The molecule has 0 atom stereocenters. The third kappa shape index (κ3) is 2.29. The molecule has 0 fully saturated rings. The Morgan fingerprint density at radius 3 is 2.10 bits per heavy atom. The van der Waals surface area contributed by atoms with Crippen LogP contribution in [0.15, 0.2) is 15.3 Å². The minimum Gasteiger partial charge on any atom is -0.225 e. The highest BCUT2D eigenvalue weighted by Crippen LogP contribution is 2.13. The monoisotopic (exact) mass is 328 g/mol. The van der Waals surface area contributed by atoms with E-state index in [2.05, 4.69) is 57.8 Å². The summed E-state index contributed by atoms with van der Waals surface area (Å²) in [5.74, 6) is 0.765. The summed E-state index contributed by atoms with van der Waals surface area (Å²) in [6, 6.07) is 1.80. The van der Waals surface area contributed by atoms with Gasteiger partial charge in [-0.15, -0.1) is 0 Å². The molecule has 0 saturated heterocycles. The van der Waals surface area contributed by atoms with Crippen molar-refractivity contribution < 1.29 is 0 Å². The van der Waals surface area contributed by atoms with Crippen molar-refractivity contribution in [2.45, 2.75) is 5.33 Å². The normalized spacial score (nSPS) is 9.90. The van der Waals surface area contributed by atoms with Crippen molar-refractivity contribution in [1.29, 1.82) is 0 Å². The van der Waals surface area contributed by atoms with Crippen LogP contribution in [0.1, 0.15) is 5.82 Å². The first kappa shape index (κ1) is 8.62. The van der Waals surface area contributed by atoms with Gasteiger partial charge in [-0.2, -0.15) is 0 Å². The Morgan fingerprint density at radius 1 is 1.20 bits per heavy atom. The van der Waals surface area contributed by atoms with Crippen LogP contribution in [0.3, 0.4) is 0 Å². The van der Waals surface area contributed by atoms with E-state index in [0.29, 0.717) is 5.33 Å². The second-order valence-electron chi connectivity index (χ2n) is 1.56. The average Bonchev–Trinajstić information content (AvgIpc) is 1.85. The van der Waals surface area contributed by atoms with Gasteiger partial charge in [0.2, 0.25) is 0 Å². The van der Waals surface area contributed by atoms with Gasteiger partial charge in [0.1, 0.15) is 15.0 Å². The van der Waals surface area contributed by atoms with Crippen molar-refractivity contribution in [2.24, 2.45) is 0 Å². The first-order valence-electron chi connectivity index (χ1n) is 2.47. The second kappa shape index (κ2) is 3.78. The fraction of sp³-hybridized carbons (Fsp3) is 0.200. The van der Waals surface area contributed by atoms with Crippen LogP contribution in [0.2, 0.25) is 0 Å². The van der Waals surface area contributed by atoms with Crippen LogP contribution in [0.4, 0.5) is 0 Å². The molecular weight excluding hydrogens is 328 g/mol. The van der Waals surface area contributed by atoms with Crippen LogP contribution in [0.25, 0.3) is 0 Å². The van der Waals surface area contributed by atoms with Crippen molar-refractivity contribution >= 4 is 47.8 Å². The van der Waals surface area contributed by atoms with E-state index in [0.717, 1.165) is 15.0 Å². The number of rotatable bonds is 1. The lowest BCUT2D eigenvalue weighted by molar-refractivity contribution is 1.00. The lowest BCUT2D eigenvalue weighted by Crippen LogP contribution is -1.90. The minimum atomic E-state index is 0.672. The topological polar surface area (TPSA) is 25.8 Å². The summed E-state index contributed by atoms with van der Waals surface area (Å²) >= 11 is 9.76. The first-order valence-corrected chi connectivity index (χ1v) is 5.18. The predicted molar refractivity (Wildman–Crippen MR) is 50.1 cm³/mol. The van der Waals surface area contributed by atoms with E-state index in [4.69, 9.17) is 0 Å². The molecule has 1 aromatic heterocycles. The Morgan fingerprint density at radius 2 is 1.70 bits per heavy atom. The summed E-state index contributed by atoms with van der Waals surface area (Å²) in [4.78, 5) is 8.16. The summed E-state index contributed by atoms with van der Waals surface area (Å²) < 4.78 is 1.59. The first-order chi connectivity index (χ1) is 4.72. The molecule has 0 amide bonds. The van der Waals surface area contributed by atoms with Crippen LogP contribution >= 0.6 is 47.8 Å². The fourth-order valence-corrected chi connectivity index (χ4v) is 1.90. The predicted octanol–water partition coefficient (Wildman–Crippen LogP) is 2.90. The van der Waals surface area contributed by atoms with E-state index in [9.17, 15) is 0 Å².